The molecule has 1 aliphatic rings. The molecule has 1 atom stereocenters. The quantitative estimate of drug-likeness (QED) is 0.870. The Labute approximate surface area is 92.4 Å². The summed E-state index contributed by atoms with van der Waals surface area (Å²) in [6.07, 6.45) is 2.41. The minimum atomic E-state index is 0.567. The summed E-state index contributed by atoms with van der Waals surface area (Å²) in [5, 5.41) is 6.58. The largest absolute Gasteiger partial charge is 0.381 e. The summed E-state index contributed by atoms with van der Waals surface area (Å²) in [4.78, 5) is 4.13. The average Bonchev–Trinajstić information content (AvgIpc) is 2.63. The van der Waals surface area contributed by atoms with Crippen LogP contribution in [0, 0.1) is 5.92 Å². The van der Waals surface area contributed by atoms with Crippen molar-refractivity contribution in [1.29, 1.82) is 0 Å². The second kappa shape index (κ2) is 4.96. The molecule has 3 nitrogen and oxygen atoms in total. The SMILES string of the molecule is Clc1csc(NCC2CCCOC2)n1. The van der Waals surface area contributed by atoms with Gasteiger partial charge in [0.2, 0.25) is 0 Å². The Balaban J connectivity index is 1.76. The van der Waals surface area contributed by atoms with Gasteiger partial charge in [0.25, 0.3) is 0 Å². The molecule has 1 fully saturated rings. The minimum absolute atomic E-state index is 0.567. The molecule has 0 amide bonds. The van der Waals surface area contributed by atoms with E-state index in [2.05, 4.69) is 10.3 Å². The predicted molar refractivity (Wildman–Crippen MR) is 59.2 cm³/mol. The van der Waals surface area contributed by atoms with Crippen molar-refractivity contribution < 1.29 is 4.74 Å². The van der Waals surface area contributed by atoms with Crippen molar-refractivity contribution in [3.8, 4) is 0 Å². The van der Waals surface area contributed by atoms with Crippen LogP contribution in [-0.4, -0.2) is 24.7 Å². The van der Waals surface area contributed by atoms with Crippen LogP contribution in [0.1, 0.15) is 12.8 Å². The fourth-order valence-corrected chi connectivity index (χ4v) is 2.38. The van der Waals surface area contributed by atoms with Crippen LogP contribution in [0.2, 0.25) is 5.15 Å². The van der Waals surface area contributed by atoms with Crippen molar-refractivity contribution in [2.45, 2.75) is 12.8 Å². The first-order valence-electron chi connectivity index (χ1n) is 4.77. The lowest BCUT2D eigenvalue weighted by atomic mass is 10.0. The summed E-state index contributed by atoms with van der Waals surface area (Å²) >= 11 is 7.26. The van der Waals surface area contributed by atoms with Crippen LogP contribution in [0.5, 0.6) is 0 Å². The highest BCUT2D eigenvalue weighted by Gasteiger charge is 2.13. The molecule has 0 aliphatic carbocycles. The third-order valence-electron chi connectivity index (χ3n) is 2.27. The Morgan fingerprint density at radius 1 is 1.71 bits per heavy atom. The van der Waals surface area contributed by atoms with Crippen LogP contribution < -0.4 is 5.32 Å². The van der Waals surface area contributed by atoms with Crippen LogP contribution in [0.4, 0.5) is 5.13 Å². The zero-order valence-corrected chi connectivity index (χ0v) is 9.40. The number of aromatic nitrogens is 1. The van der Waals surface area contributed by atoms with Crippen molar-refractivity contribution in [3.05, 3.63) is 10.5 Å². The average molecular weight is 233 g/mol. The van der Waals surface area contributed by atoms with E-state index < -0.39 is 0 Å². The number of nitrogens with zero attached hydrogens (tertiary/aromatic N) is 1. The predicted octanol–water partition coefficient (Wildman–Crippen LogP) is 2.64. The standard InChI is InChI=1S/C9H13ClN2OS/c10-8-6-14-9(12-8)11-4-7-2-1-3-13-5-7/h6-7H,1-5H2,(H,11,12). The van der Waals surface area contributed by atoms with Crippen LogP contribution in [0.25, 0.3) is 0 Å². The van der Waals surface area contributed by atoms with Gasteiger partial charge in [-0.3, -0.25) is 0 Å². The van der Waals surface area contributed by atoms with Gasteiger partial charge in [-0.15, -0.1) is 11.3 Å². The Morgan fingerprint density at radius 3 is 3.29 bits per heavy atom. The summed E-state index contributed by atoms with van der Waals surface area (Å²) in [5.74, 6) is 0.617. The van der Waals surface area contributed by atoms with Crippen molar-refractivity contribution in [2.75, 3.05) is 25.1 Å². The van der Waals surface area contributed by atoms with E-state index in [1.165, 1.54) is 12.8 Å². The summed E-state index contributed by atoms with van der Waals surface area (Å²) < 4.78 is 5.39. The highest BCUT2D eigenvalue weighted by atomic mass is 35.5. The third kappa shape index (κ3) is 2.83. The number of hydrogen-bond acceptors (Lipinski definition) is 4. The van der Waals surface area contributed by atoms with Crippen LogP contribution in [0.3, 0.4) is 0 Å². The van der Waals surface area contributed by atoms with Gasteiger partial charge < -0.3 is 10.1 Å². The molecule has 0 aromatic carbocycles. The van der Waals surface area contributed by atoms with Crippen LogP contribution >= 0.6 is 22.9 Å². The fourth-order valence-electron chi connectivity index (χ4n) is 1.54. The van der Waals surface area contributed by atoms with Gasteiger partial charge >= 0.3 is 0 Å². The second-order valence-corrected chi connectivity index (χ2v) is 4.68. The van der Waals surface area contributed by atoms with Crippen molar-refractivity contribution in [1.82, 2.24) is 4.98 Å². The van der Waals surface area contributed by atoms with E-state index >= 15 is 0 Å². The minimum Gasteiger partial charge on any atom is -0.381 e. The molecular formula is C9H13ClN2OS. The smallest absolute Gasteiger partial charge is 0.184 e. The monoisotopic (exact) mass is 232 g/mol. The number of rotatable bonds is 3. The third-order valence-corrected chi connectivity index (χ3v) is 3.40. The molecule has 2 rings (SSSR count). The van der Waals surface area contributed by atoms with Crippen molar-refractivity contribution in [2.24, 2.45) is 5.92 Å². The molecule has 0 saturated carbocycles. The van der Waals surface area contributed by atoms with E-state index in [9.17, 15) is 0 Å². The zero-order valence-electron chi connectivity index (χ0n) is 7.83. The summed E-state index contributed by atoms with van der Waals surface area (Å²) in [6, 6.07) is 0. The zero-order chi connectivity index (χ0) is 9.80. The molecule has 2 heterocycles. The number of anilines is 1. The molecule has 1 saturated heterocycles. The molecule has 1 N–H and O–H groups in total. The van der Waals surface area contributed by atoms with Crippen LogP contribution in [0.15, 0.2) is 5.38 Å². The molecule has 5 heteroatoms. The maximum Gasteiger partial charge on any atom is 0.184 e. The van der Waals surface area contributed by atoms with Gasteiger partial charge in [-0.05, 0) is 18.8 Å². The first kappa shape index (κ1) is 10.2. The fraction of sp³-hybridized carbons (Fsp3) is 0.667. The van der Waals surface area contributed by atoms with Gasteiger partial charge in [-0.2, -0.15) is 0 Å². The Kier molecular flexibility index (Phi) is 3.61. The van der Waals surface area contributed by atoms with Crippen LogP contribution in [-0.2, 0) is 4.74 Å². The number of hydrogen-bond donors (Lipinski definition) is 1. The topological polar surface area (TPSA) is 34.1 Å². The van der Waals surface area contributed by atoms with Gasteiger partial charge in [-0.25, -0.2) is 4.98 Å². The van der Waals surface area contributed by atoms with Gasteiger partial charge in [0.05, 0.1) is 6.61 Å². The molecule has 78 valence electrons. The van der Waals surface area contributed by atoms with Gasteiger partial charge in [0, 0.05) is 18.5 Å². The summed E-state index contributed by atoms with van der Waals surface area (Å²) in [6.45, 7) is 2.72. The van der Waals surface area contributed by atoms with Crippen molar-refractivity contribution in [3.63, 3.8) is 0 Å². The van der Waals surface area contributed by atoms with Gasteiger partial charge in [-0.1, -0.05) is 11.6 Å². The highest BCUT2D eigenvalue weighted by Crippen LogP contribution is 2.20. The molecule has 1 aromatic heterocycles. The maximum absolute atomic E-state index is 5.72. The highest BCUT2D eigenvalue weighted by molar-refractivity contribution is 7.14. The molecular weight excluding hydrogens is 220 g/mol. The van der Waals surface area contributed by atoms with Crippen molar-refractivity contribution >= 4 is 28.1 Å². The number of nitrogens with one attached hydrogen (secondary N) is 1. The Bertz CT molecular complexity index is 286. The lowest BCUT2D eigenvalue weighted by molar-refractivity contribution is 0.0595. The molecule has 0 spiro atoms. The van der Waals surface area contributed by atoms with E-state index in [4.69, 9.17) is 16.3 Å². The maximum atomic E-state index is 5.72. The van der Waals surface area contributed by atoms with E-state index in [0.717, 1.165) is 24.9 Å². The second-order valence-electron chi connectivity index (χ2n) is 3.44. The molecule has 1 unspecified atom stereocenters. The van der Waals surface area contributed by atoms with E-state index in [1.54, 1.807) is 11.3 Å². The molecule has 14 heavy (non-hydrogen) atoms. The van der Waals surface area contributed by atoms with Gasteiger partial charge in [0.15, 0.2) is 5.13 Å². The number of halogens is 1. The molecule has 0 radical (unpaired) electrons. The number of ether oxygens (including phenoxy) is 1. The normalized spacial score (nSPS) is 22.2. The summed E-state index contributed by atoms with van der Waals surface area (Å²) in [5.41, 5.74) is 0. The van der Waals surface area contributed by atoms with E-state index in [1.807, 2.05) is 5.38 Å². The Morgan fingerprint density at radius 2 is 2.64 bits per heavy atom. The first-order chi connectivity index (χ1) is 6.84. The molecule has 1 aliphatic heterocycles. The molecule has 0 bridgehead atoms. The van der Waals surface area contributed by atoms with E-state index in [-0.39, 0.29) is 0 Å². The van der Waals surface area contributed by atoms with E-state index in [0.29, 0.717) is 11.1 Å². The number of thiazole rings is 1. The Hall–Kier alpha value is -0.320. The lowest BCUT2D eigenvalue weighted by Crippen LogP contribution is -2.24. The lowest BCUT2D eigenvalue weighted by Gasteiger charge is -2.21. The summed E-state index contributed by atoms with van der Waals surface area (Å²) in [7, 11) is 0. The molecule has 1 aromatic rings. The first-order valence-corrected chi connectivity index (χ1v) is 6.03. The van der Waals surface area contributed by atoms with Gasteiger partial charge in [0.1, 0.15) is 5.15 Å².